The molecule has 0 aliphatic carbocycles. The fourth-order valence-electron chi connectivity index (χ4n) is 1.61. The molecule has 0 saturated carbocycles. The monoisotopic (exact) mass is 414 g/mol. The number of sulfonamides is 1. The van der Waals surface area contributed by atoms with Gasteiger partial charge in [-0.05, 0) is 45.1 Å². The van der Waals surface area contributed by atoms with E-state index >= 15 is 0 Å². The maximum Gasteiger partial charge on any atom is 0.338 e. The molecule has 1 aromatic carbocycles. The number of benzene rings is 1. The lowest BCUT2D eigenvalue weighted by Gasteiger charge is -2.09. The van der Waals surface area contributed by atoms with Crippen LogP contribution in [0.15, 0.2) is 27.6 Å². The minimum Gasteiger partial charge on any atom is -0.462 e. The van der Waals surface area contributed by atoms with Gasteiger partial charge in [-0.1, -0.05) is 15.9 Å². The fraction of sp³-hybridized carbons (Fsp3) is 0.462. The number of ether oxygens (including phenoxy) is 1. The van der Waals surface area contributed by atoms with Gasteiger partial charge in [0.1, 0.15) is 0 Å². The summed E-state index contributed by atoms with van der Waals surface area (Å²) in [4.78, 5) is 11.7. The van der Waals surface area contributed by atoms with E-state index in [1.807, 2.05) is 0 Å². The molecule has 0 fully saturated rings. The summed E-state index contributed by atoms with van der Waals surface area (Å²) in [6.07, 6.45) is 0.675. The predicted molar refractivity (Wildman–Crippen MR) is 91.1 cm³/mol. The Morgan fingerprint density at radius 1 is 1.27 bits per heavy atom. The van der Waals surface area contributed by atoms with Crippen LogP contribution in [0.3, 0.4) is 0 Å². The van der Waals surface area contributed by atoms with E-state index in [1.54, 1.807) is 14.0 Å². The van der Waals surface area contributed by atoms with Gasteiger partial charge in [-0.15, -0.1) is 12.4 Å². The van der Waals surface area contributed by atoms with E-state index in [0.29, 0.717) is 17.4 Å². The molecule has 2 N–H and O–H groups in total. The normalized spacial score (nSPS) is 10.9. The molecular formula is C13H20BrClN2O4S. The molecule has 0 aliphatic heterocycles. The number of halogens is 2. The van der Waals surface area contributed by atoms with Crippen molar-refractivity contribution in [3.8, 4) is 0 Å². The smallest absolute Gasteiger partial charge is 0.338 e. The lowest BCUT2D eigenvalue weighted by molar-refractivity contribution is 0.0526. The molecule has 0 saturated heterocycles. The molecule has 9 heteroatoms. The summed E-state index contributed by atoms with van der Waals surface area (Å²) in [5.41, 5.74) is 0.196. The second kappa shape index (κ2) is 10.2. The molecule has 0 atom stereocenters. The molecule has 0 radical (unpaired) electrons. The SMILES string of the molecule is CCOC(=O)c1cc(Br)cc(S(=O)(=O)NCCCNC)c1.Cl. The van der Waals surface area contributed by atoms with Crippen LogP contribution < -0.4 is 10.0 Å². The van der Waals surface area contributed by atoms with Crippen LogP contribution in [0, 0.1) is 0 Å². The Hall–Kier alpha value is -0.670. The summed E-state index contributed by atoms with van der Waals surface area (Å²) < 4.78 is 32.2. The standard InChI is InChI=1S/C13H19BrN2O4S.ClH/c1-3-20-13(17)10-7-11(14)9-12(8-10)21(18,19)16-6-4-5-15-2;/h7-9,15-16H,3-6H2,1-2H3;1H. The van der Waals surface area contributed by atoms with Gasteiger partial charge in [0, 0.05) is 11.0 Å². The van der Waals surface area contributed by atoms with Crippen molar-refractivity contribution >= 4 is 44.3 Å². The summed E-state index contributed by atoms with van der Waals surface area (Å²) in [5, 5.41) is 2.94. The zero-order chi connectivity index (χ0) is 15.9. The van der Waals surface area contributed by atoms with Crippen LogP contribution in [-0.2, 0) is 14.8 Å². The molecule has 0 spiro atoms. The summed E-state index contributed by atoms with van der Waals surface area (Å²) in [5.74, 6) is -0.551. The lowest BCUT2D eigenvalue weighted by atomic mass is 10.2. The third kappa shape index (κ3) is 6.62. The Bertz CT molecular complexity index is 596. The zero-order valence-electron chi connectivity index (χ0n) is 12.4. The first kappa shape index (κ1) is 21.3. The Labute approximate surface area is 145 Å². The maximum atomic E-state index is 12.2. The highest BCUT2D eigenvalue weighted by atomic mass is 79.9. The van der Waals surface area contributed by atoms with E-state index in [-0.39, 0.29) is 29.5 Å². The molecule has 6 nitrogen and oxygen atoms in total. The first-order chi connectivity index (χ1) is 9.90. The number of hydrogen-bond donors (Lipinski definition) is 2. The van der Waals surface area contributed by atoms with Gasteiger partial charge in [0.2, 0.25) is 10.0 Å². The molecular weight excluding hydrogens is 396 g/mol. The Balaban J connectivity index is 0.00000441. The number of esters is 1. The maximum absolute atomic E-state index is 12.2. The second-order valence-corrected chi connectivity index (χ2v) is 6.93. The van der Waals surface area contributed by atoms with Crippen molar-refractivity contribution in [1.82, 2.24) is 10.0 Å². The highest BCUT2D eigenvalue weighted by Crippen LogP contribution is 2.20. The molecule has 0 unspecified atom stereocenters. The van der Waals surface area contributed by atoms with Crippen molar-refractivity contribution in [1.29, 1.82) is 0 Å². The van der Waals surface area contributed by atoms with Gasteiger partial charge in [0.15, 0.2) is 0 Å². The van der Waals surface area contributed by atoms with Gasteiger partial charge in [-0.25, -0.2) is 17.9 Å². The van der Waals surface area contributed by atoms with E-state index < -0.39 is 16.0 Å². The van der Waals surface area contributed by atoms with Gasteiger partial charge < -0.3 is 10.1 Å². The molecule has 126 valence electrons. The van der Waals surface area contributed by atoms with Crippen LogP contribution in [0.25, 0.3) is 0 Å². The summed E-state index contributed by atoms with van der Waals surface area (Å²) in [6.45, 7) is 2.96. The third-order valence-corrected chi connectivity index (χ3v) is 4.49. The Morgan fingerprint density at radius 3 is 2.55 bits per heavy atom. The van der Waals surface area contributed by atoms with Crippen molar-refractivity contribution in [3.05, 3.63) is 28.2 Å². The predicted octanol–water partition coefficient (Wildman–Crippen LogP) is 1.94. The van der Waals surface area contributed by atoms with E-state index in [4.69, 9.17) is 4.74 Å². The first-order valence-corrected chi connectivity index (χ1v) is 8.80. The van der Waals surface area contributed by atoms with E-state index in [2.05, 4.69) is 26.0 Å². The molecule has 1 rings (SSSR count). The van der Waals surface area contributed by atoms with Gasteiger partial charge in [0.05, 0.1) is 17.1 Å². The van der Waals surface area contributed by atoms with Crippen LogP contribution >= 0.6 is 28.3 Å². The van der Waals surface area contributed by atoms with Crippen LogP contribution in [0.2, 0.25) is 0 Å². The van der Waals surface area contributed by atoms with Crippen molar-refractivity contribution in [3.63, 3.8) is 0 Å². The lowest BCUT2D eigenvalue weighted by Crippen LogP contribution is -2.27. The number of carbonyl (C=O) groups excluding carboxylic acids is 1. The van der Waals surface area contributed by atoms with E-state index in [9.17, 15) is 13.2 Å². The van der Waals surface area contributed by atoms with Crippen LogP contribution in [0.4, 0.5) is 0 Å². The average molecular weight is 416 g/mol. The molecule has 0 aromatic heterocycles. The van der Waals surface area contributed by atoms with Crippen LogP contribution in [0.1, 0.15) is 23.7 Å². The Kier molecular flexibility index (Phi) is 9.86. The van der Waals surface area contributed by atoms with Crippen LogP contribution in [-0.4, -0.2) is 41.1 Å². The van der Waals surface area contributed by atoms with Crippen LogP contribution in [0.5, 0.6) is 0 Å². The molecule has 1 aromatic rings. The number of rotatable bonds is 8. The molecule has 0 amide bonds. The minimum absolute atomic E-state index is 0. The topological polar surface area (TPSA) is 84.5 Å². The summed E-state index contributed by atoms with van der Waals surface area (Å²) >= 11 is 3.21. The highest BCUT2D eigenvalue weighted by molar-refractivity contribution is 9.10. The van der Waals surface area contributed by atoms with Crippen molar-refractivity contribution < 1.29 is 17.9 Å². The molecule has 0 aliphatic rings. The molecule has 22 heavy (non-hydrogen) atoms. The van der Waals surface area contributed by atoms with Crippen molar-refractivity contribution in [2.24, 2.45) is 0 Å². The van der Waals surface area contributed by atoms with Gasteiger partial charge in [0.25, 0.3) is 0 Å². The van der Waals surface area contributed by atoms with E-state index in [0.717, 1.165) is 6.54 Å². The van der Waals surface area contributed by atoms with Gasteiger partial charge in [-0.3, -0.25) is 0 Å². The van der Waals surface area contributed by atoms with Gasteiger partial charge in [-0.2, -0.15) is 0 Å². The average Bonchev–Trinajstić information content (AvgIpc) is 2.43. The molecule has 0 heterocycles. The summed E-state index contributed by atoms with van der Waals surface area (Å²) in [6, 6.07) is 4.28. The van der Waals surface area contributed by atoms with E-state index in [1.165, 1.54) is 18.2 Å². The molecule has 0 bridgehead atoms. The number of hydrogen-bond acceptors (Lipinski definition) is 5. The second-order valence-electron chi connectivity index (χ2n) is 4.25. The van der Waals surface area contributed by atoms with Crippen molar-refractivity contribution in [2.45, 2.75) is 18.2 Å². The minimum atomic E-state index is -3.65. The quantitative estimate of drug-likeness (QED) is 0.501. The largest absolute Gasteiger partial charge is 0.462 e. The number of carbonyl (C=O) groups is 1. The van der Waals surface area contributed by atoms with Gasteiger partial charge >= 0.3 is 5.97 Å². The number of nitrogens with one attached hydrogen (secondary N) is 2. The Morgan fingerprint density at radius 2 is 1.95 bits per heavy atom. The third-order valence-electron chi connectivity index (χ3n) is 2.59. The fourth-order valence-corrected chi connectivity index (χ4v) is 3.39. The summed E-state index contributed by atoms with van der Waals surface area (Å²) in [7, 11) is -1.85. The highest BCUT2D eigenvalue weighted by Gasteiger charge is 2.17. The van der Waals surface area contributed by atoms with Crippen molar-refractivity contribution in [2.75, 3.05) is 26.7 Å². The zero-order valence-corrected chi connectivity index (χ0v) is 15.6. The first-order valence-electron chi connectivity index (χ1n) is 6.52.